The van der Waals surface area contributed by atoms with Gasteiger partial charge in [0, 0.05) is 17.7 Å². The Morgan fingerprint density at radius 1 is 1.16 bits per heavy atom. The Balaban J connectivity index is 1.86. The number of nitrogens with one attached hydrogen (secondary N) is 1. The van der Waals surface area contributed by atoms with Crippen LogP contribution in [0.3, 0.4) is 0 Å². The van der Waals surface area contributed by atoms with E-state index < -0.39 is 5.97 Å². The van der Waals surface area contributed by atoms with Crippen molar-refractivity contribution >= 4 is 35.0 Å². The number of benzene rings is 2. The van der Waals surface area contributed by atoms with Crippen LogP contribution in [0.15, 0.2) is 42.5 Å². The largest absolute Gasteiger partial charge is 0.478 e. The van der Waals surface area contributed by atoms with E-state index in [2.05, 4.69) is 5.32 Å². The molecule has 2 heterocycles. The number of hydrogen-bond donors (Lipinski definition) is 2. The lowest BCUT2D eigenvalue weighted by atomic mass is 10.1. The van der Waals surface area contributed by atoms with Crippen LogP contribution in [0, 0.1) is 0 Å². The first-order valence-corrected chi connectivity index (χ1v) is 8.45. The minimum atomic E-state index is -0.957. The smallest absolute Gasteiger partial charge is 0.335 e. The topological polar surface area (TPSA) is 67.1 Å². The second-order valence-electron chi connectivity index (χ2n) is 5.72. The Kier molecular flexibility index (Phi) is 3.90. The number of carboxylic acid groups (broad SMARTS) is 1. The van der Waals surface area contributed by atoms with Gasteiger partial charge in [0.1, 0.15) is 5.82 Å². The van der Waals surface area contributed by atoms with E-state index in [4.69, 9.17) is 33.4 Å². The van der Waals surface area contributed by atoms with Crippen LogP contribution in [0.4, 0.5) is 5.82 Å². The molecule has 2 aromatic carbocycles. The van der Waals surface area contributed by atoms with Crippen LogP contribution in [-0.4, -0.2) is 27.4 Å². The molecule has 0 bridgehead atoms. The maximum Gasteiger partial charge on any atom is 0.335 e. The summed E-state index contributed by atoms with van der Waals surface area (Å²) in [4.78, 5) is 11.0. The summed E-state index contributed by atoms with van der Waals surface area (Å²) in [7, 11) is 0. The molecule has 0 spiro atoms. The highest BCUT2D eigenvalue weighted by molar-refractivity contribution is 6.43. The number of hydrogen-bond acceptors (Lipinski definition) is 3. The molecule has 2 N–H and O–H groups in total. The van der Waals surface area contributed by atoms with Gasteiger partial charge in [-0.3, -0.25) is 0 Å². The standard InChI is InChI=1S/C18H13Cl2N3O2/c19-14-3-1-2-12(15(14)20)16-13-8-9-21-17(13)23(22-16)11-6-4-10(5-7-11)18(24)25/h1-7,21H,8-9H2,(H,24,25). The Labute approximate surface area is 153 Å². The minimum absolute atomic E-state index is 0.235. The lowest BCUT2D eigenvalue weighted by Gasteiger charge is -2.07. The van der Waals surface area contributed by atoms with E-state index in [1.165, 1.54) is 0 Å². The third kappa shape index (κ3) is 2.65. The second-order valence-corrected chi connectivity index (χ2v) is 6.50. The number of carboxylic acids is 1. The second kappa shape index (κ2) is 6.10. The van der Waals surface area contributed by atoms with E-state index in [0.29, 0.717) is 10.0 Å². The van der Waals surface area contributed by atoms with Crippen LogP contribution >= 0.6 is 23.2 Å². The van der Waals surface area contributed by atoms with Crippen LogP contribution in [0.1, 0.15) is 15.9 Å². The normalized spacial score (nSPS) is 12.7. The first kappa shape index (κ1) is 16.0. The molecule has 3 aromatic rings. The summed E-state index contributed by atoms with van der Waals surface area (Å²) in [6, 6.07) is 12.1. The van der Waals surface area contributed by atoms with E-state index in [1.807, 2.05) is 12.1 Å². The van der Waals surface area contributed by atoms with Crippen LogP contribution in [0.2, 0.25) is 10.0 Å². The molecule has 0 amide bonds. The molecule has 0 radical (unpaired) electrons. The molecule has 0 atom stereocenters. The first-order chi connectivity index (χ1) is 12.1. The van der Waals surface area contributed by atoms with Gasteiger partial charge in [-0.15, -0.1) is 0 Å². The summed E-state index contributed by atoms with van der Waals surface area (Å²) in [5, 5.41) is 18.1. The molecule has 25 heavy (non-hydrogen) atoms. The molecule has 4 rings (SSSR count). The lowest BCUT2D eigenvalue weighted by Crippen LogP contribution is -2.05. The number of nitrogens with zero attached hydrogens (tertiary/aromatic N) is 2. The Bertz CT molecular complexity index is 981. The third-order valence-corrected chi connectivity index (χ3v) is 5.04. The maximum absolute atomic E-state index is 11.0. The summed E-state index contributed by atoms with van der Waals surface area (Å²) >= 11 is 12.5. The van der Waals surface area contributed by atoms with Gasteiger partial charge in [-0.2, -0.15) is 5.10 Å². The monoisotopic (exact) mass is 373 g/mol. The quantitative estimate of drug-likeness (QED) is 0.708. The van der Waals surface area contributed by atoms with E-state index in [-0.39, 0.29) is 5.56 Å². The lowest BCUT2D eigenvalue weighted by molar-refractivity contribution is 0.0697. The molecule has 1 aromatic heterocycles. The molecule has 0 fully saturated rings. The van der Waals surface area contributed by atoms with Gasteiger partial charge in [0.25, 0.3) is 0 Å². The fraction of sp³-hybridized carbons (Fsp3) is 0.111. The van der Waals surface area contributed by atoms with Crippen LogP contribution in [0.5, 0.6) is 0 Å². The molecule has 0 unspecified atom stereocenters. The number of halogens is 2. The average molecular weight is 374 g/mol. The van der Waals surface area contributed by atoms with E-state index >= 15 is 0 Å². The van der Waals surface area contributed by atoms with Crippen LogP contribution < -0.4 is 5.32 Å². The predicted molar refractivity (Wildman–Crippen MR) is 98.2 cm³/mol. The first-order valence-electron chi connectivity index (χ1n) is 7.70. The van der Waals surface area contributed by atoms with Crippen LogP contribution in [0.25, 0.3) is 16.9 Å². The zero-order valence-electron chi connectivity index (χ0n) is 13.0. The zero-order chi connectivity index (χ0) is 17.6. The average Bonchev–Trinajstić information content (AvgIpc) is 3.20. The molecule has 126 valence electrons. The summed E-state index contributed by atoms with van der Waals surface area (Å²) < 4.78 is 1.78. The number of rotatable bonds is 3. The Morgan fingerprint density at radius 2 is 1.92 bits per heavy atom. The highest BCUT2D eigenvalue weighted by Crippen LogP contribution is 2.39. The van der Waals surface area contributed by atoms with Crippen molar-refractivity contribution in [3.05, 3.63) is 63.6 Å². The van der Waals surface area contributed by atoms with Crippen molar-refractivity contribution in [3.8, 4) is 16.9 Å². The zero-order valence-corrected chi connectivity index (χ0v) is 14.5. The summed E-state index contributed by atoms with van der Waals surface area (Å²) in [6.45, 7) is 0.811. The minimum Gasteiger partial charge on any atom is -0.478 e. The molecule has 0 aliphatic carbocycles. The fourth-order valence-electron chi connectivity index (χ4n) is 3.01. The highest BCUT2D eigenvalue weighted by Gasteiger charge is 2.25. The molecule has 0 saturated heterocycles. The summed E-state index contributed by atoms with van der Waals surface area (Å²) in [5.41, 5.74) is 3.66. The number of aromatic carboxylic acids is 1. The SMILES string of the molecule is O=C(O)c1ccc(-n2nc(-c3cccc(Cl)c3Cl)c3c2NCC3)cc1. The van der Waals surface area contributed by atoms with Crippen molar-refractivity contribution in [2.24, 2.45) is 0 Å². The summed E-state index contributed by atoms with van der Waals surface area (Å²) in [6.07, 6.45) is 0.834. The van der Waals surface area contributed by atoms with Crippen LogP contribution in [-0.2, 0) is 6.42 Å². The van der Waals surface area contributed by atoms with Gasteiger partial charge in [0.15, 0.2) is 0 Å². The highest BCUT2D eigenvalue weighted by atomic mass is 35.5. The molecular weight excluding hydrogens is 361 g/mol. The molecule has 5 nitrogen and oxygen atoms in total. The van der Waals surface area contributed by atoms with Gasteiger partial charge in [-0.25, -0.2) is 9.48 Å². The molecular formula is C18H13Cl2N3O2. The molecule has 1 aliphatic rings. The molecule has 1 aliphatic heterocycles. The number of aromatic nitrogens is 2. The van der Waals surface area contributed by atoms with E-state index in [0.717, 1.165) is 41.3 Å². The van der Waals surface area contributed by atoms with Crippen molar-refractivity contribution in [2.45, 2.75) is 6.42 Å². The fourth-order valence-corrected chi connectivity index (χ4v) is 3.40. The van der Waals surface area contributed by atoms with Gasteiger partial charge in [-0.1, -0.05) is 35.3 Å². The van der Waals surface area contributed by atoms with Gasteiger partial charge < -0.3 is 10.4 Å². The number of fused-ring (bicyclic) bond motifs is 1. The van der Waals surface area contributed by atoms with Gasteiger partial charge in [-0.05, 0) is 36.8 Å². The number of anilines is 1. The third-order valence-electron chi connectivity index (χ3n) is 4.22. The van der Waals surface area contributed by atoms with Crippen molar-refractivity contribution in [3.63, 3.8) is 0 Å². The number of carbonyl (C=O) groups is 1. The van der Waals surface area contributed by atoms with Gasteiger partial charge >= 0.3 is 5.97 Å². The predicted octanol–water partition coefficient (Wildman–Crippen LogP) is 4.51. The van der Waals surface area contributed by atoms with E-state index in [1.54, 1.807) is 35.0 Å². The van der Waals surface area contributed by atoms with E-state index in [9.17, 15) is 4.79 Å². The van der Waals surface area contributed by atoms with Gasteiger partial charge in [0.05, 0.1) is 27.0 Å². The Morgan fingerprint density at radius 3 is 2.64 bits per heavy atom. The van der Waals surface area contributed by atoms with Crippen molar-refractivity contribution in [1.82, 2.24) is 9.78 Å². The van der Waals surface area contributed by atoms with Crippen molar-refractivity contribution in [2.75, 3.05) is 11.9 Å². The Hall–Kier alpha value is -2.50. The summed E-state index contributed by atoms with van der Waals surface area (Å²) in [5.74, 6) is -0.0594. The molecule has 0 saturated carbocycles. The maximum atomic E-state index is 11.0. The van der Waals surface area contributed by atoms with Crippen molar-refractivity contribution in [1.29, 1.82) is 0 Å². The van der Waals surface area contributed by atoms with Gasteiger partial charge in [0.2, 0.25) is 0 Å². The molecule has 7 heteroatoms. The van der Waals surface area contributed by atoms with Crippen molar-refractivity contribution < 1.29 is 9.90 Å².